The van der Waals surface area contributed by atoms with Crippen LogP contribution in [0.15, 0.2) is 42.9 Å². The van der Waals surface area contributed by atoms with E-state index < -0.39 is 0 Å². The molecule has 0 aliphatic carbocycles. The Kier molecular flexibility index (Phi) is 6.08. The van der Waals surface area contributed by atoms with E-state index in [9.17, 15) is 9.59 Å². The largest absolute Gasteiger partial charge is 0.462 e. The van der Waals surface area contributed by atoms with Gasteiger partial charge in [-0.1, -0.05) is 0 Å². The van der Waals surface area contributed by atoms with Crippen molar-refractivity contribution in [1.29, 1.82) is 0 Å². The fourth-order valence-corrected chi connectivity index (χ4v) is 4.83. The van der Waals surface area contributed by atoms with Crippen LogP contribution in [0.4, 0.5) is 5.82 Å². The van der Waals surface area contributed by atoms with Crippen LogP contribution in [-0.4, -0.2) is 59.1 Å². The normalized spacial score (nSPS) is 14.0. The van der Waals surface area contributed by atoms with Crippen molar-refractivity contribution in [2.24, 2.45) is 0 Å². The molecular weight excluding hydrogens is 412 g/mol. The van der Waals surface area contributed by atoms with Gasteiger partial charge in [-0.2, -0.15) is 0 Å². The van der Waals surface area contributed by atoms with Crippen LogP contribution in [0.5, 0.6) is 0 Å². The van der Waals surface area contributed by atoms with E-state index in [1.807, 2.05) is 47.0 Å². The molecule has 0 spiro atoms. The smallest absolute Gasteiger partial charge is 0.339 e. The molecule has 1 aliphatic rings. The molecule has 1 amide bonds. The second-order valence-corrected chi connectivity index (χ2v) is 8.66. The molecule has 0 N–H and O–H groups in total. The summed E-state index contributed by atoms with van der Waals surface area (Å²) in [5.41, 5.74) is 2.29. The van der Waals surface area contributed by atoms with Crippen LogP contribution in [0.1, 0.15) is 38.1 Å². The van der Waals surface area contributed by atoms with E-state index in [0.717, 1.165) is 26.8 Å². The molecule has 4 rings (SSSR count). The highest BCUT2D eigenvalue weighted by atomic mass is 32.1. The highest BCUT2D eigenvalue weighted by molar-refractivity contribution is 7.15. The summed E-state index contributed by atoms with van der Waals surface area (Å²) in [6.07, 6.45) is 5.50. The van der Waals surface area contributed by atoms with Crippen molar-refractivity contribution in [3.8, 4) is 5.00 Å². The van der Waals surface area contributed by atoms with Gasteiger partial charge in [0.05, 0.1) is 17.7 Å². The second kappa shape index (κ2) is 8.93. The van der Waals surface area contributed by atoms with E-state index in [-0.39, 0.29) is 11.9 Å². The van der Waals surface area contributed by atoms with Gasteiger partial charge in [-0.25, -0.2) is 9.78 Å². The second-order valence-electron chi connectivity index (χ2n) is 7.46. The SMILES string of the molecule is CCOC(=O)c1ccc(N2CCN(C(=O)c3c(-n4cccc4)sc(C)c3C)CC2)nc1. The third-order valence-corrected chi connectivity index (χ3v) is 6.79. The minimum Gasteiger partial charge on any atom is -0.462 e. The van der Waals surface area contributed by atoms with Crippen LogP contribution in [-0.2, 0) is 4.74 Å². The Balaban J connectivity index is 1.45. The lowest BCUT2D eigenvalue weighted by molar-refractivity contribution is 0.0525. The first kappa shape index (κ1) is 21.1. The number of piperazine rings is 1. The van der Waals surface area contributed by atoms with Crippen LogP contribution in [0.25, 0.3) is 5.00 Å². The molecule has 3 aromatic rings. The maximum absolute atomic E-state index is 13.4. The molecule has 0 atom stereocenters. The summed E-state index contributed by atoms with van der Waals surface area (Å²) in [5.74, 6) is 0.517. The number of rotatable bonds is 5. The molecule has 31 heavy (non-hydrogen) atoms. The monoisotopic (exact) mass is 438 g/mol. The average molecular weight is 439 g/mol. The summed E-state index contributed by atoms with van der Waals surface area (Å²) in [4.78, 5) is 34.9. The number of hydrogen-bond donors (Lipinski definition) is 0. The van der Waals surface area contributed by atoms with Gasteiger partial charge in [0.1, 0.15) is 10.8 Å². The van der Waals surface area contributed by atoms with Gasteiger partial charge in [0.15, 0.2) is 0 Å². The van der Waals surface area contributed by atoms with Crippen LogP contribution < -0.4 is 4.90 Å². The first-order valence-electron chi connectivity index (χ1n) is 10.4. The Bertz CT molecular complexity index is 1070. The quantitative estimate of drug-likeness (QED) is 0.569. The van der Waals surface area contributed by atoms with Crippen molar-refractivity contribution in [3.63, 3.8) is 0 Å². The number of carbonyl (C=O) groups is 2. The molecule has 162 valence electrons. The number of nitrogens with zero attached hydrogens (tertiary/aromatic N) is 4. The Labute approximate surface area is 185 Å². The Morgan fingerprint density at radius 3 is 2.42 bits per heavy atom. The van der Waals surface area contributed by atoms with Crippen LogP contribution in [0, 0.1) is 13.8 Å². The lowest BCUT2D eigenvalue weighted by Crippen LogP contribution is -2.49. The molecule has 0 saturated carbocycles. The minimum absolute atomic E-state index is 0.0795. The maximum atomic E-state index is 13.4. The lowest BCUT2D eigenvalue weighted by atomic mass is 10.1. The van der Waals surface area contributed by atoms with Crippen LogP contribution >= 0.6 is 11.3 Å². The van der Waals surface area contributed by atoms with Gasteiger partial charge >= 0.3 is 5.97 Å². The van der Waals surface area contributed by atoms with Crippen molar-refractivity contribution >= 4 is 29.0 Å². The number of ether oxygens (including phenoxy) is 1. The van der Waals surface area contributed by atoms with Crippen molar-refractivity contribution in [2.75, 3.05) is 37.7 Å². The lowest BCUT2D eigenvalue weighted by Gasteiger charge is -2.35. The number of esters is 1. The van der Waals surface area contributed by atoms with Crippen molar-refractivity contribution in [1.82, 2.24) is 14.5 Å². The number of aryl methyl sites for hydroxylation is 1. The van der Waals surface area contributed by atoms with Crippen LogP contribution in [0.2, 0.25) is 0 Å². The molecule has 7 nitrogen and oxygen atoms in total. The van der Waals surface area contributed by atoms with E-state index >= 15 is 0 Å². The maximum Gasteiger partial charge on any atom is 0.339 e. The number of aromatic nitrogens is 2. The predicted molar refractivity (Wildman–Crippen MR) is 121 cm³/mol. The van der Waals surface area contributed by atoms with Gasteiger partial charge < -0.3 is 19.1 Å². The topological polar surface area (TPSA) is 67.7 Å². The third kappa shape index (κ3) is 4.20. The van der Waals surface area contributed by atoms with E-state index in [2.05, 4.69) is 16.8 Å². The summed E-state index contributed by atoms with van der Waals surface area (Å²) in [5, 5.41) is 0.976. The van der Waals surface area contributed by atoms with E-state index in [1.165, 1.54) is 0 Å². The highest BCUT2D eigenvalue weighted by Crippen LogP contribution is 2.32. The zero-order valence-corrected chi connectivity index (χ0v) is 18.8. The minimum atomic E-state index is -0.364. The van der Waals surface area contributed by atoms with Gasteiger partial charge in [-0.15, -0.1) is 11.3 Å². The molecule has 0 unspecified atom stereocenters. The van der Waals surface area contributed by atoms with Gasteiger partial charge in [0, 0.05) is 49.6 Å². The standard InChI is InChI=1S/C23H26N4O3S/c1-4-30-23(29)18-7-8-19(24-15-18)25-11-13-26(14-12-25)21(28)20-16(2)17(3)31-22(20)27-9-5-6-10-27/h5-10,15H,4,11-14H2,1-3H3. The van der Waals surface area contributed by atoms with Crippen molar-refractivity contribution in [2.45, 2.75) is 20.8 Å². The summed E-state index contributed by atoms with van der Waals surface area (Å²) in [6.45, 7) is 8.84. The van der Waals surface area contributed by atoms with Gasteiger partial charge in [0.25, 0.3) is 5.91 Å². The highest BCUT2D eigenvalue weighted by Gasteiger charge is 2.28. The fourth-order valence-electron chi connectivity index (χ4n) is 3.72. The number of amides is 1. The number of carbonyl (C=O) groups excluding carboxylic acids is 2. The fraction of sp³-hybridized carbons (Fsp3) is 0.348. The molecule has 0 radical (unpaired) electrons. The van der Waals surface area contributed by atoms with Gasteiger partial charge in [-0.05, 0) is 50.6 Å². The Morgan fingerprint density at radius 2 is 1.81 bits per heavy atom. The number of thiophene rings is 1. The molecule has 3 aromatic heterocycles. The molecule has 0 aromatic carbocycles. The molecule has 0 bridgehead atoms. The number of hydrogen-bond acceptors (Lipinski definition) is 6. The van der Waals surface area contributed by atoms with E-state index in [4.69, 9.17) is 4.74 Å². The zero-order valence-electron chi connectivity index (χ0n) is 18.0. The van der Waals surface area contributed by atoms with E-state index in [0.29, 0.717) is 38.3 Å². The average Bonchev–Trinajstić information content (AvgIpc) is 3.42. The summed E-state index contributed by atoms with van der Waals surface area (Å²) in [7, 11) is 0. The molecule has 8 heteroatoms. The third-order valence-electron chi connectivity index (χ3n) is 5.57. The first-order chi connectivity index (χ1) is 15.0. The summed E-state index contributed by atoms with van der Waals surface area (Å²) >= 11 is 1.65. The zero-order chi connectivity index (χ0) is 22.0. The molecule has 1 saturated heterocycles. The molecular formula is C23H26N4O3S. The van der Waals surface area contributed by atoms with Gasteiger partial charge in [0.2, 0.25) is 0 Å². The predicted octanol–water partition coefficient (Wildman–Crippen LogP) is 3.69. The van der Waals surface area contributed by atoms with Crippen LogP contribution in [0.3, 0.4) is 0 Å². The summed E-state index contributed by atoms with van der Waals surface area (Å²) in [6, 6.07) is 7.51. The summed E-state index contributed by atoms with van der Waals surface area (Å²) < 4.78 is 7.02. The number of pyridine rings is 1. The van der Waals surface area contributed by atoms with Crippen molar-refractivity contribution in [3.05, 3.63) is 64.4 Å². The first-order valence-corrected chi connectivity index (χ1v) is 11.2. The molecule has 4 heterocycles. The van der Waals surface area contributed by atoms with Crippen molar-refractivity contribution < 1.29 is 14.3 Å². The molecule has 1 aliphatic heterocycles. The Hall–Kier alpha value is -3.13. The van der Waals surface area contributed by atoms with E-state index in [1.54, 1.807) is 30.5 Å². The molecule has 1 fully saturated rings. The number of anilines is 1. The van der Waals surface area contributed by atoms with Gasteiger partial charge in [-0.3, -0.25) is 4.79 Å². The Morgan fingerprint density at radius 1 is 1.10 bits per heavy atom.